The van der Waals surface area contributed by atoms with Gasteiger partial charge in [-0.15, -0.1) is 6.42 Å². The molecule has 0 amide bonds. The van der Waals surface area contributed by atoms with Gasteiger partial charge in [-0.3, -0.25) is 4.68 Å². The molecule has 1 unspecified atom stereocenters. The van der Waals surface area contributed by atoms with E-state index in [4.69, 9.17) is 12.2 Å². The van der Waals surface area contributed by atoms with E-state index in [1.54, 1.807) is 14.0 Å². The Labute approximate surface area is 108 Å². The number of hydrogen-bond acceptors (Lipinski definition) is 4. The summed E-state index contributed by atoms with van der Waals surface area (Å²) in [5, 5.41) is 3.88. The predicted octanol–water partition coefficient (Wildman–Crippen LogP) is 0.391. The Balaban J connectivity index is 3.11. The highest BCUT2D eigenvalue weighted by Gasteiger charge is 2.26. The summed E-state index contributed by atoms with van der Waals surface area (Å²) < 4.78 is 28.3. The Bertz CT molecular complexity index is 569. The monoisotopic (exact) mass is 270 g/mol. The van der Waals surface area contributed by atoms with Gasteiger partial charge in [0.25, 0.3) is 0 Å². The Morgan fingerprint density at radius 1 is 1.61 bits per heavy atom. The van der Waals surface area contributed by atoms with Crippen molar-refractivity contribution in [3.8, 4) is 12.3 Å². The fourth-order valence-corrected chi connectivity index (χ4v) is 3.17. The van der Waals surface area contributed by atoms with Gasteiger partial charge in [-0.1, -0.05) is 19.3 Å². The van der Waals surface area contributed by atoms with E-state index in [0.29, 0.717) is 12.1 Å². The molecular formula is C11H18N4O2S. The van der Waals surface area contributed by atoms with Crippen LogP contribution in [0.5, 0.6) is 0 Å². The summed E-state index contributed by atoms with van der Waals surface area (Å²) in [5.41, 5.74) is 6.10. The third-order valence-corrected chi connectivity index (χ3v) is 4.29. The number of sulfonamides is 1. The molecule has 1 rings (SSSR count). The molecule has 1 aromatic heterocycles. The molecule has 1 aromatic rings. The van der Waals surface area contributed by atoms with Crippen LogP contribution in [0, 0.1) is 19.3 Å². The lowest BCUT2D eigenvalue weighted by molar-refractivity contribution is 0.563. The Morgan fingerprint density at radius 2 is 2.22 bits per heavy atom. The molecular weight excluding hydrogens is 252 g/mol. The summed E-state index contributed by atoms with van der Waals surface area (Å²) in [6, 6.07) is -0.529. The highest BCUT2D eigenvalue weighted by molar-refractivity contribution is 7.89. The van der Waals surface area contributed by atoms with E-state index in [2.05, 4.69) is 15.7 Å². The molecule has 0 aromatic carbocycles. The molecule has 6 nitrogen and oxygen atoms in total. The maximum absolute atomic E-state index is 12.2. The lowest BCUT2D eigenvalue weighted by Crippen LogP contribution is -2.34. The Hall–Kier alpha value is -1.52. The van der Waals surface area contributed by atoms with Gasteiger partial charge in [0.1, 0.15) is 4.90 Å². The second-order valence-electron chi connectivity index (χ2n) is 4.05. The second-order valence-corrected chi connectivity index (χ2v) is 5.70. The zero-order chi connectivity index (χ0) is 13.9. The summed E-state index contributed by atoms with van der Waals surface area (Å²) >= 11 is 0. The van der Waals surface area contributed by atoms with Crippen LogP contribution in [0.1, 0.15) is 25.5 Å². The van der Waals surface area contributed by atoms with Crippen molar-refractivity contribution in [3.63, 3.8) is 0 Å². The maximum Gasteiger partial charge on any atom is 0.247 e. The average molecular weight is 270 g/mol. The van der Waals surface area contributed by atoms with E-state index in [9.17, 15) is 8.42 Å². The molecule has 0 aliphatic rings. The number of nitrogens with zero attached hydrogens (tertiary/aromatic N) is 2. The van der Waals surface area contributed by atoms with Gasteiger partial charge in [-0.05, 0) is 13.3 Å². The number of aryl methyl sites for hydroxylation is 1. The molecule has 7 heteroatoms. The highest BCUT2D eigenvalue weighted by Crippen LogP contribution is 2.21. The quantitative estimate of drug-likeness (QED) is 0.757. The summed E-state index contributed by atoms with van der Waals surface area (Å²) in [5.74, 6) is 2.40. The number of nitrogen functional groups attached to an aromatic ring is 1. The van der Waals surface area contributed by atoms with Crippen LogP contribution in [0.25, 0.3) is 0 Å². The Kier molecular flexibility index (Phi) is 4.38. The molecule has 0 spiro atoms. The Morgan fingerprint density at radius 3 is 2.61 bits per heavy atom. The second kappa shape index (κ2) is 5.42. The van der Waals surface area contributed by atoms with Crippen molar-refractivity contribution in [1.82, 2.24) is 14.5 Å². The lowest BCUT2D eigenvalue weighted by atomic mass is 10.2. The molecule has 0 bridgehead atoms. The van der Waals surface area contributed by atoms with Gasteiger partial charge in [-0.2, -0.15) is 9.82 Å². The molecule has 1 atom stereocenters. The average Bonchev–Trinajstić information content (AvgIpc) is 2.52. The van der Waals surface area contributed by atoms with Crippen LogP contribution < -0.4 is 10.5 Å². The zero-order valence-corrected chi connectivity index (χ0v) is 11.6. The van der Waals surface area contributed by atoms with Crippen molar-refractivity contribution in [2.45, 2.75) is 37.6 Å². The van der Waals surface area contributed by atoms with Crippen molar-refractivity contribution >= 4 is 15.8 Å². The molecule has 0 aliphatic carbocycles. The van der Waals surface area contributed by atoms with Gasteiger partial charge in [-0.25, -0.2) is 8.42 Å². The fraction of sp³-hybridized carbons (Fsp3) is 0.545. The molecule has 0 fully saturated rings. The van der Waals surface area contributed by atoms with Crippen LogP contribution in [-0.4, -0.2) is 24.2 Å². The smallest absolute Gasteiger partial charge is 0.247 e. The normalized spacial score (nSPS) is 13.2. The first kappa shape index (κ1) is 14.5. The number of aromatic nitrogens is 2. The third-order valence-electron chi connectivity index (χ3n) is 2.65. The number of anilines is 1. The predicted molar refractivity (Wildman–Crippen MR) is 70.2 cm³/mol. The largest absolute Gasteiger partial charge is 0.381 e. The van der Waals surface area contributed by atoms with Crippen LogP contribution in [0.4, 0.5) is 5.82 Å². The third kappa shape index (κ3) is 2.83. The van der Waals surface area contributed by atoms with Crippen LogP contribution in [0.15, 0.2) is 4.90 Å². The minimum Gasteiger partial charge on any atom is -0.381 e. The number of terminal acetylenes is 1. The number of nitrogens with one attached hydrogen (secondary N) is 1. The van der Waals surface area contributed by atoms with E-state index in [1.807, 2.05) is 6.92 Å². The SMILES string of the molecule is C#CC(CCC)NS(=O)(=O)c1c(N)nn(C)c1C. The number of nitrogens with two attached hydrogens (primary N) is 1. The molecule has 0 radical (unpaired) electrons. The molecule has 3 N–H and O–H groups in total. The topological polar surface area (TPSA) is 90.0 Å². The van der Waals surface area contributed by atoms with E-state index >= 15 is 0 Å². The van der Waals surface area contributed by atoms with Crippen molar-refractivity contribution < 1.29 is 8.42 Å². The number of rotatable bonds is 5. The summed E-state index contributed by atoms with van der Waals surface area (Å²) in [4.78, 5) is 0.00125. The van der Waals surface area contributed by atoms with Gasteiger partial charge >= 0.3 is 0 Å². The molecule has 100 valence electrons. The van der Waals surface area contributed by atoms with Gasteiger partial charge in [0, 0.05) is 7.05 Å². The van der Waals surface area contributed by atoms with Crippen LogP contribution >= 0.6 is 0 Å². The highest BCUT2D eigenvalue weighted by atomic mass is 32.2. The van der Waals surface area contributed by atoms with E-state index in [0.717, 1.165) is 6.42 Å². The minimum absolute atomic E-state index is 0.00125. The molecule has 1 heterocycles. The molecule has 0 saturated carbocycles. The van der Waals surface area contributed by atoms with Gasteiger partial charge in [0.05, 0.1) is 11.7 Å². The van der Waals surface area contributed by atoms with Crippen LogP contribution in [0.2, 0.25) is 0 Å². The summed E-state index contributed by atoms with van der Waals surface area (Å²) in [7, 11) is -2.10. The molecule has 0 aliphatic heterocycles. The molecule has 0 saturated heterocycles. The summed E-state index contributed by atoms with van der Waals surface area (Å²) in [6.45, 7) is 3.57. The van der Waals surface area contributed by atoms with E-state index < -0.39 is 16.1 Å². The fourth-order valence-electron chi connectivity index (χ4n) is 1.66. The zero-order valence-electron chi connectivity index (χ0n) is 10.8. The van der Waals surface area contributed by atoms with Crippen molar-refractivity contribution in [2.24, 2.45) is 7.05 Å². The van der Waals surface area contributed by atoms with Gasteiger partial charge in [0.15, 0.2) is 5.82 Å². The molecule has 18 heavy (non-hydrogen) atoms. The number of hydrogen-bond donors (Lipinski definition) is 2. The van der Waals surface area contributed by atoms with E-state index in [-0.39, 0.29) is 10.7 Å². The minimum atomic E-state index is -3.74. The summed E-state index contributed by atoms with van der Waals surface area (Å²) in [6.07, 6.45) is 6.67. The first-order valence-electron chi connectivity index (χ1n) is 5.61. The first-order chi connectivity index (χ1) is 8.33. The van der Waals surface area contributed by atoms with Crippen molar-refractivity contribution in [2.75, 3.05) is 5.73 Å². The van der Waals surface area contributed by atoms with Gasteiger partial charge < -0.3 is 5.73 Å². The van der Waals surface area contributed by atoms with Crippen LogP contribution in [0.3, 0.4) is 0 Å². The maximum atomic E-state index is 12.2. The van der Waals surface area contributed by atoms with E-state index in [1.165, 1.54) is 4.68 Å². The van der Waals surface area contributed by atoms with Crippen LogP contribution in [-0.2, 0) is 17.1 Å². The van der Waals surface area contributed by atoms with Crippen molar-refractivity contribution in [1.29, 1.82) is 0 Å². The lowest BCUT2D eigenvalue weighted by Gasteiger charge is -2.12. The van der Waals surface area contributed by atoms with Crippen molar-refractivity contribution in [3.05, 3.63) is 5.69 Å². The standard InChI is InChI=1S/C11H18N4O2S/c1-5-7-9(6-2)14-18(16,17)10-8(3)15(4)13-11(10)12/h2,9,14H,5,7H2,1,3-4H3,(H2,12,13). The first-order valence-corrected chi connectivity index (χ1v) is 7.09. The van der Waals surface area contributed by atoms with Gasteiger partial charge in [0.2, 0.25) is 10.0 Å².